The van der Waals surface area contributed by atoms with Crippen molar-refractivity contribution in [1.29, 1.82) is 0 Å². The molecule has 0 amide bonds. The molecular formula is C7H12ClO2-. The summed E-state index contributed by atoms with van der Waals surface area (Å²) in [5.74, 6) is -1.04. The molecule has 0 aromatic heterocycles. The summed E-state index contributed by atoms with van der Waals surface area (Å²) in [6.45, 7) is 4.99. The summed E-state index contributed by atoms with van der Waals surface area (Å²) in [6.07, 6.45) is 0.441. The van der Waals surface area contributed by atoms with Crippen LogP contribution in [0.2, 0.25) is 0 Å². The SMILES string of the molecule is CC(Cl)CC(C)(C)C(=O)[O-]. The van der Waals surface area contributed by atoms with Crippen LogP contribution < -0.4 is 5.11 Å². The number of alkyl halides is 1. The Morgan fingerprint density at radius 3 is 2.20 bits per heavy atom. The molecule has 3 heteroatoms. The third kappa shape index (κ3) is 3.06. The number of carboxylic acids is 1. The first kappa shape index (κ1) is 9.76. The molecular weight excluding hydrogens is 152 g/mol. The number of hydrogen-bond acceptors (Lipinski definition) is 2. The lowest BCUT2D eigenvalue weighted by Gasteiger charge is -2.26. The van der Waals surface area contributed by atoms with Gasteiger partial charge in [0.1, 0.15) is 0 Å². The maximum atomic E-state index is 10.4. The summed E-state index contributed by atoms with van der Waals surface area (Å²) in [6, 6.07) is 0. The molecule has 0 bridgehead atoms. The second kappa shape index (κ2) is 3.24. The van der Waals surface area contributed by atoms with Crippen molar-refractivity contribution < 1.29 is 9.90 Å². The van der Waals surface area contributed by atoms with Gasteiger partial charge in [-0.05, 0) is 13.3 Å². The normalized spacial score (nSPS) is 14.8. The lowest BCUT2D eigenvalue weighted by Crippen LogP contribution is -2.39. The molecule has 0 rings (SSSR count). The summed E-state index contributed by atoms with van der Waals surface area (Å²) >= 11 is 5.62. The molecule has 0 aromatic rings. The van der Waals surface area contributed by atoms with Gasteiger partial charge in [0.15, 0.2) is 0 Å². The molecule has 1 atom stereocenters. The van der Waals surface area contributed by atoms with Gasteiger partial charge in [-0.15, -0.1) is 11.6 Å². The molecule has 0 aliphatic carbocycles. The fourth-order valence-electron chi connectivity index (χ4n) is 0.787. The molecule has 2 nitrogen and oxygen atoms in total. The zero-order valence-corrected chi connectivity index (χ0v) is 7.23. The van der Waals surface area contributed by atoms with E-state index in [1.165, 1.54) is 0 Å². The smallest absolute Gasteiger partial charge is 0.0471 e. The van der Waals surface area contributed by atoms with Crippen LogP contribution in [0.4, 0.5) is 0 Å². The molecule has 0 fully saturated rings. The highest BCUT2D eigenvalue weighted by Crippen LogP contribution is 2.23. The molecule has 0 saturated heterocycles. The van der Waals surface area contributed by atoms with Crippen LogP contribution in [-0.2, 0) is 4.79 Å². The third-order valence-corrected chi connectivity index (χ3v) is 1.50. The first-order valence-electron chi connectivity index (χ1n) is 3.22. The van der Waals surface area contributed by atoms with Crippen molar-refractivity contribution in [3.63, 3.8) is 0 Å². The second-order valence-corrected chi connectivity index (χ2v) is 3.90. The van der Waals surface area contributed by atoms with Crippen LogP contribution in [0.3, 0.4) is 0 Å². The summed E-state index contributed by atoms with van der Waals surface area (Å²) < 4.78 is 0. The first-order valence-corrected chi connectivity index (χ1v) is 3.65. The molecule has 0 heterocycles. The summed E-state index contributed by atoms with van der Waals surface area (Å²) in [5.41, 5.74) is -0.804. The van der Waals surface area contributed by atoms with Gasteiger partial charge in [0.2, 0.25) is 0 Å². The van der Waals surface area contributed by atoms with Gasteiger partial charge in [-0.25, -0.2) is 0 Å². The standard InChI is InChI=1S/C7H13ClO2/c1-5(8)4-7(2,3)6(9)10/h5H,4H2,1-3H3,(H,9,10)/p-1. The minimum Gasteiger partial charge on any atom is -0.550 e. The first-order chi connectivity index (χ1) is 4.36. The van der Waals surface area contributed by atoms with Crippen molar-refractivity contribution in [3.8, 4) is 0 Å². The van der Waals surface area contributed by atoms with E-state index in [4.69, 9.17) is 11.6 Å². The van der Waals surface area contributed by atoms with Crippen molar-refractivity contribution in [3.05, 3.63) is 0 Å². The lowest BCUT2D eigenvalue weighted by atomic mass is 9.88. The molecule has 1 unspecified atom stereocenters. The van der Waals surface area contributed by atoms with Gasteiger partial charge < -0.3 is 9.90 Å². The van der Waals surface area contributed by atoms with Crippen molar-refractivity contribution >= 4 is 17.6 Å². The number of carbonyl (C=O) groups is 1. The number of hydrogen-bond donors (Lipinski definition) is 0. The van der Waals surface area contributed by atoms with E-state index in [0.717, 1.165) is 0 Å². The fraction of sp³-hybridized carbons (Fsp3) is 0.857. The average molecular weight is 164 g/mol. The molecule has 0 saturated carbocycles. The third-order valence-electron chi connectivity index (χ3n) is 1.34. The predicted molar refractivity (Wildman–Crippen MR) is 38.7 cm³/mol. The Morgan fingerprint density at radius 1 is 1.70 bits per heavy atom. The number of carboxylic acid groups (broad SMARTS) is 1. The van der Waals surface area contributed by atoms with Crippen molar-refractivity contribution in [2.45, 2.75) is 32.6 Å². The van der Waals surface area contributed by atoms with Crippen LogP contribution in [-0.4, -0.2) is 11.3 Å². The second-order valence-electron chi connectivity index (χ2n) is 3.16. The fourth-order valence-corrected chi connectivity index (χ4v) is 1.17. The van der Waals surface area contributed by atoms with Gasteiger partial charge in [0, 0.05) is 16.8 Å². The molecule has 10 heavy (non-hydrogen) atoms. The molecule has 0 aromatic carbocycles. The van der Waals surface area contributed by atoms with E-state index in [9.17, 15) is 9.90 Å². The topological polar surface area (TPSA) is 40.1 Å². The van der Waals surface area contributed by atoms with E-state index >= 15 is 0 Å². The highest BCUT2D eigenvalue weighted by atomic mass is 35.5. The van der Waals surface area contributed by atoms with Gasteiger partial charge >= 0.3 is 0 Å². The highest BCUT2D eigenvalue weighted by molar-refractivity contribution is 6.20. The minimum atomic E-state index is -1.04. The molecule has 0 aliphatic rings. The van der Waals surface area contributed by atoms with Crippen LogP contribution in [0.25, 0.3) is 0 Å². The molecule has 0 radical (unpaired) electrons. The maximum absolute atomic E-state index is 10.4. The van der Waals surface area contributed by atoms with E-state index in [1.54, 1.807) is 20.8 Å². The number of halogens is 1. The van der Waals surface area contributed by atoms with Crippen molar-refractivity contribution in [2.75, 3.05) is 0 Å². The Kier molecular flexibility index (Phi) is 3.16. The van der Waals surface area contributed by atoms with Gasteiger partial charge in [-0.3, -0.25) is 0 Å². The zero-order chi connectivity index (χ0) is 8.36. The molecule has 60 valence electrons. The predicted octanol–water partition coefficient (Wildman–Crippen LogP) is 0.780. The monoisotopic (exact) mass is 163 g/mol. The Morgan fingerprint density at radius 2 is 2.10 bits per heavy atom. The number of carbonyl (C=O) groups excluding carboxylic acids is 1. The van der Waals surface area contributed by atoms with Crippen molar-refractivity contribution in [2.24, 2.45) is 5.41 Å². The van der Waals surface area contributed by atoms with Crippen LogP contribution in [0.5, 0.6) is 0 Å². The van der Waals surface area contributed by atoms with Gasteiger partial charge in [-0.1, -0.05) is 13.8 Å². The van der Waals surface area contributed by atoms with Gasteiger partial charge in [-0.2, -0.15) is 0 Å². The molecule has 0 spiro atoms. The van der Waals surface area contributed by atoms with E-state index in [2.05, 4.69) is 0 Å². The maximum Gasteiger partial charge on any atom is 0.0471 e. The Bertz CT molecular complexity index is 130. The Balaban J connectivity index is 4.00. The van der Waals surface area contributed by atoms with Crippen LogP contribution in [0.15, 0.2) is 0 Å². The zero-order valence-electron chi connectivity index (χ0n) is 6.48. The summed E-state index contributed by atoms with van der Waals surface area (Å²) in [4.78, 5) is 10.4. The van der Waals surface area contributed by atoms with E-state index in [0.29, 0.717) is 6.42 Å². The number of aliphatic carboxylic acids is 1. The van der Waals surface area contributed by atoms with Gasteiger partial charge in [0.05, 0.1) is 0 Å². The largest absolute Gasteiger partial charge is 0.550 e. The van der Waals surface area contributed by atoms with Gasteiger partial charge in [0.25, 0.3) is 0 Å². The Labute approximate surface area is 66.2 Å². The van der Waals surface area contributed by atoms with Crippen LogP contribution >= 0.6 is 11.6 Å². The average Bonchev–Trinajstić information content (AvgIpc) is 1.60. The minimum absolute atomic E-state index is 0.118. The van der Waals surface area contributed by atoms with Crippen LogP contribution in [0.1, 0.15) is 27.2 Å². The van der Waals surface area contributed by atoms with E-state index < -0.39 is 11.4 Å². The molecule has 0 N–H and O–H groups in total. The lowest BCUT2D eigenvalue weighted by molar-refractivity contribution is -0.317. The Hall–Kier alpha value is -0.240. The van der Waals surface area contributed by atoms with E-state index in [1.807, 2.05) is 0 Å². The molecule has 0 aliphatic heterocycles. The van der Waals surface area contributed by atoms with E-state index in [-0.39, 0.29) is 5.38 Å². The highest BCUT2D eigenvalue weighted by Gasteiger charge is 2.21. The summed E-state index contributed by atoms with van der Waals surface area (Å²) in [5, 5.41) is 10.3. The summed E-state index contributed by atoms with van der Waals surface area (Å²) in [7, 11) is 0. The quantitative estimate of drug-likeness (QED) is 0.577. The number of rotatable bonds is 3. The van der Waals surface area contributed by atoms with Crippen molar-refractivity contribution in [1.82, 2.24) is 0 Å². The van der Waals surface area contributed by atoms with Crippen LogP contribution in [0, 0.1) is 5.41 Å².